The molecule has 0 spiro atoms. The van der Waals surface area contributed by atoms with Crippen molar-refractivity contribution >= 4 is 11.8 Å². The molecule has 1 aliphatic heterocycles. The van der Waals surface area contributed by atoms with Gasteiger partial charge in [0.2, 0.25) is 0 Å². The first kappa shape index (κ1) is 30.1. The Bertz CT molecular complexity index is 844. The molecule has 2 rings (SSSR count). The molecule has 36 heavy (non-hydrogen) atoms. The third-order valence-electron chi connectivity index (χ3n) is 7.01. The van der Waals surface area contributed by atoms with Gasteiger partial charge in [-0.15, -0.1) is 0 Å². The predicted octanol–water partition coefficient (Wildman–Crippen LogP) is 2.83. The average molecular weight is 506 g/mol. The quantitative estimate of drug-likeness (QED) is 0.378. The number of aliphatic hydroxyl groups is 1. The van der Waals surface area contributed by atoms with Crippen LogP contribution < -0.4 is 10.1 Å². The molecule has 0 radical (unpaired) electrons. The standard InChI is InChI=1S/C28H47N3O5/c1-8-21-10-11-22(14-25(21)36-13-9-12-35-7)27(33)31(20(4)5)18-24-16-29-15-23(24)17-30(6)28(34)26(32)19(2)3/h10-11,14,19-20,23-24,26,29,32H,8-9,12-13,15-18H2,1-7H3/t23-,24-,26-/m0/s1. The predicted molar refractivity (Wildman–Crippen MR) is 142 cm³/mol. The summed E-state index contributed by atoms with van der Waals surface area (Å²) in [6, 6.07) is 5.77. The van der Waals surface area contributed by atoms with Crippen molar-refractivity contribution in [3.05, 3.63) is 29.3 Å². The summed E-state index contributed by atoms with van der Waals surface area (Å²) in [5.74, 6) is 0.782. The molecule has 2 N–H and O–H groups in total. The maximum atomic E-state index is 13.6. The molecule has 8 nitrogen and oxygen atoms in total. The lowest BCUT2D eigenvalue weighted by Gasteiger charge is -2.33. The lowest BCUT2D eigenvalue weighted by molar-refractivity contribution is -0.141. The summed E-state index contributed by atoms with van der Waals surface area (Å²) in [6.07, 6.45) is 0.625. The number of hydrogen-bond acceptors (Lipinski definition) is 6. The number of carbonyl (C=O) groups excluding carboxylic acids is 2. The Morgan fingerprint density at radius 2 is 1.78 bits per heavy atom. The molecule has 0 aromatic heterocycles. The minimum absolute atomic E-state index is 0.0142. The minimum Gasteiger partial charge on any atom is -0.493 e. The van der Waals surface area contributed by atoms with Crippen molar-refractivity contribution in [1.82, 2.24) is 15.1 Å². The van der Waals surface area contributed by atoms with E-state index in [0.717, 1.165) is 37.2 Å². The second-order valence-corrected chi connectivity index (χ2v) is 10.5. The highest BCUT2D eigenvalue weighted by molar-refractivity contribution is 5.95. The third-order valence-corrected chi connectivity index (χ3v) is 7.01. The highest BCUT2D eigenvalue weighted by Gasteiger charge is 2.34. The van der Waals surface area contributed by atoms with E-state index in [9.17, 15) is 14.7 Å². The van der Waals surface area contributed by atoms with Gasteiger partial charge in [-0.2, -0.15) is 0 Å². The van der Waals surface area contributed by atoms with E-state index < -0.39 is 6.10 Å². The Balaban J connectivity index is 2.12. The van der Waals surface area contributed by atoms with Gasteiger partial charge in [-0.05, 0) is 55.7 Å². The SMILES string of the molecule is CCc1ccc(C(=O)N(C[C@@H]2CNC[C@H]2CN(C)C(=O)[C@@H](O)C(C)C)C(C)C)cc1OCCCOC. The van der Waals surface area contributed by atoms with Crippen LogP contribution in [0.3, 0.4) is 0 Å². The van der Waals surface area contributed by atoms with Crippen molar-refractivity contribution in [2.45, 2.75) is 59.6 Å². The van der Waals surface area contributed by atoms with Crippen LogP contribution in [0, 0.1) is 17.8 Å². The number of benzene rings is 1. The average Bonchev–Trinajstić information content (AvgIpc) is 3.29. The van der Waals surface area contributed by atoms with Gasteiger partial charge in [0.15, 0.2) is 0 Å². The van der Waals surface area contributed by atoms with Crippen molar-refractivity contribution in [3.63, 3.8) is 0 Å². The van der Waals surface area contributed by atoms with Crippen molar-refractivity contribution in [2.24, 2.45) is 17.8 Å². The number of aliphatic hydroxyl groups excluding tert-OH is 1. The summed E-state index contributed by atoms with van der Waals surface area (Å²) in [7, 11) is 3.42. The first-order valence-corrected chi connectivity index (χ1v) is 13.3. The van der Waals surface area contributed by atoms with E-state index >= 15 is 0 Å². The number of aryl methyl sites for hydroxylation is 1. The van der Waals surface area contributed by atoms with E-state index in [4.69, 9.17) is 9.47 Å². The molecule has 1 aliphatic rings. The van der Waals surface area contributed by atoms with Gasteiger partial charge in [0.1, 0.15) is 11.9 Å². The molecule has 1 aromatic carbocycles. The number of methoxy groups -OCH3 is 1. The fourth-order valence-corrected chi connectivity index (χ4v) is 4.61. The normalized spacial score (nSPS) is 18.5. The first-order chi connectivity index (χ1) is 17.1. The Hall–Kier alpha value is -2.16. The largest absolute Gasteiger partial charge is 0.493 e. The van der Waals surface area contributed by atoms with E-state index in [-0.39, 0.29) is 35.6 Å². The monoisotopic (exact) mass is 505 g/mol. The van der Waals surface area contributed by atoms with Crippen LogP contribution in [-0.4, -0.2) is 92.4 Å². The molecule has 0 unspecified atom stereocenters. The topological polar surface area (TPSA) is 91.3 Å². The number of likely N-dealkylation sites (N-methyl/N-ethyl adjacent to an activating group) is 1. The number of nitrogens with one attached hydrogen (secondary N) is 1. The number of rotatable bonds is 14. The fraction of sp³-hybridized carbons (Fsp3) is 0.714. The van der Waals surface area contributed by atoms with Gasteiger partial charge in [-0.1, -0.05) is 26.8 Å². The van der Waals surface area contributed by atoms with Gasteiger partial charge in [0.25, 0.3) is 11.8 Å². The van der Waals surface area contributed by atoms with E-state index in [1.54, 1.807) is 19.1 Å². The van der Waals surface area contributed by atoms with Gasteiger partial charge < -0.3 is 29.7 Å². The van der Waals surface area contributed by atoms with Crippen LogP contribution in [0.25, 0.3) is 0 Å². The summed E-state index contributed by atoms with van der Waals surface area (Å²) in [5, 5.41) is 13.6. The summed E-state index contributed by atoms with van der Waals surface area (Å²) in [5.41, 5.74) is 1.70. The first-order valence-electron chi connectivity index (χ1n) is 13.3. The lowest BCUT2D eigenvalue weighted by atomic mass is 9.93. The van der Waals surface area contributed by atoms with Gasteiger partial charge in [-0.3, -0.25) is 9.59 Å². The molecule has 0 saturated carbocycles. The molecular weight excluding hydrogens is 458 g/mol. The Morgan fingerprint density at radius 3 is 2.36 bits per heavy atom. The number of nitrogens with zero attached hydrogens (tertiary/aromatic N) is 2. The molecular formula is C28H47N3O5. The Morgan fingerprint density at radius 1 is 1.11 bits per heavy atom. The van der Waals surface area contributed by atoms with E-state index in [1.807, 2.05) is 50.8 Å². The number of amides is 2. The summed E-state index contributed by atoms with van der Waals surface area (Å²) >= 11 is 0. The molecule has 8 heteroatoms. The summed E-state index contributed by atoms with van der Waals surface area (Å²) in [6.45, 7) is 13.7. The van der Waals surface area contributed by atoms with Crippen molar-refractivity contribution in [3.8, 4) is 5.75 Å². The number of ether oxygens (including phenoxy) is 2. The third kappa shape index (κ3) is 8.18. The van der Waals surface area contributed by atoms with Gasteiger partial charge in [0, 0.05) is 65.0 Å². The molecule has 1 fully saturated rings. The van der Waals surface area contributed by atoms with Crippen LogP contribution in [0.5, 0.6) is 5.75 Å². The fourth-order valence-electron chi connectivity index (χ4n) is 4.61. The highest BCUT2D eigenvalue weighted by Crippen LogP contribution is 2.25. The molecule has 1 heterocycles. The van der Waals surface area contributed by atoms with Crippen molar-refractivity contribution < 1.29 is 24.2 Å². The minimum atomic E-state index is -0.992. The molecule has 1 saturated heterocycles. The highest BCUT2D eigenvalue weighted by atomic mass is 16.5. The molecule has 3 atom stereocenters. The van der Waals surface area contributed by atoms with Crippen molar-refractivity contribution in [1.29, 1.82) is 0 Å². The lowest BCUT2D eigenvalue weighted by Crippen LogP contribution is -2.45. The van der Waals surface area contributed by atoms with E-state index in [2.05, 4.69) is 12.2 Å². The summed E-state index contributed by atoms with van der Waals surface area (Å²) in [4.78, 5) is 29.8. The maximum Gasteiger partial charge on any atom is 0.254 e. The zero-order valence-corrected chi connectivity index (χ0v) is 23.3. The van der Waals surface area contributed by atoms with Crippen LogP contribution in [0.4, 0.5) is 0 Å². The van der Waals surface area contributed by atoms with Crippen molar-refractivity contribution in [2.75, 3.05) is 53.6 Å². The number of carbonyl (C=O) groups is 2. The van der Waals surface area contributed by atoms with Crippen LogP contribution in [0.2, 0.25) is 0 Å². The van der Waals surface area contributed by atoms with E-state index in [1.165, 1.54) is 0 Å². The molecule has 0 aliphatic carbocycles. The van der Waals surface area contributed by atoms with Crippen LogP contribution in [-0.2, 0) is 16.0 Å². The molecule has 0 bridgehead atoms. The second-order valence-electron chi connectivity index (χ2n) is 10.5. The Kier molecular flexibility index (Phi) is 12.1. The smallest absolute Gasteiger partial charge is 0.254 e. The van der Waals surface area contributed by atoms with Gasteiger partial charge in [0.05, 0.1) is 6.61 Å². The van der Waals surface area contributed by atoms with Gasteiger partial charge >= 0.3 is 0 Å². The molecule has 1 aromatic rings. The van der Waals surface area contributed by atoms with Crippen LogP contribution >= 0.6 is 0 Å². The zero-order valence-electron chi connectivity index (χ0n) is 23.3. The van der Waals surface area contributed by atoms with Crippen LogP contribution in [0.1, 0.15) is 57.0 Å². The molecule has 204 valence electrons. The number of hydrogen-bond donors (Lipinski definition) is 2. The maximum absolute atomic E-state index is 13.6. The second kappa shape index (κ2) is 14.5. The summed E-state index contributed by atoms with van der Waals surface area (Å²) < 4.78 is 11.1. The zero-order chi connectivity index (χ0) is 26.8. The van der Waals surface area contributed by atoms with Crippen LogP contribution in [0.15, 0.2) is 18.2 Å². The van der Waals surface area contributed by atoms with E-state index in [0.29, 0.717) is 31.9 Å². The van der Waals surface area contributed by atoms with Gasteiger partial charge in [-0.25, -0.2) is 0 Å². The molecule has 2 amide bonds. The Labute approximate surface area is 217 Å².